The third-order valence-corrected chi connectivity index (χ3v) is 7.58. The molecule has 1 atom stereocenters. The molecule has 1 N–H and O–H groups in total. The monoisotopic (exact) mass is 532 g/mol. The molecule has 0 radical (unpaired) electrons. The van der Waals surface area contributed by atoms with E-state index in [-0.39, 0.29) is 6.61 Å². The summed E-state index contributed by atoms with van der Waals surface area (Å²) in [5.41, 5.74) is 2.26. The molecule has 0 unspecified atom stereocenters. The summed E-state index contributed by atoms with van der Waals surface area (Å²) >= 11 is 14.2. The van der Waals surface area contributed by atoms with E-state index < -0.39 is 6.10 Å². The predicted octanol–water partition coefficient (Wildman–Crippen LogP) is 5.12. The minimum absolute atomic E-state index is 0.250. The van der Waals surface area contributed by atoms with Gasteiger partial charge < -0.3 is 14.4 Å². The van der Waals surface area contributed by atoms with Crippen molar-refractivity contribution in [2.24, 2.45) is 0 Å². The van der Waals surface area contributed by atoms with E-state index in [0.717, 1.165) is 52.9 Å². The van der Waals surface area contributed by atoms with Gasteiger partial charge in [0.15, 0.2) is 5.76 Å². The molecule has 0 bridgehead atoms. The van der Waals surface area contributed by atoms with Crippen LogP contribution in [0.1, 0.15) is 10.8 Å². The summed E-state index contributed by atoms with van der Waals surface area (Å²) in [6.07, 6.45) is -0.563. The molecule has 7 nitrogen and oxygen atoms in total. The highest BCUT2D eigenvalue weighted by Crippen LogP contribution is 2.34. The van der Waals surface area contributed by atoms with Gasteiger partial charge in [0.2, 0.25) is 0 Å². The fourth-order valence-electron chi connectivity index (χ4n) is 4.25. The van der Waals surface area contributed by atoms with Gasteiger partial charge in [0, 0.05) is 50.4 Å². The van der Waals surface area contributed by atoms with E-state index in [1.165, 1.54) is 0 Å². The van der Waals surface area contributed by atoms with Crippen molar-refractivity contribution in [3.05, 3.63) is 63.3 Å². The molecule has 0 saturated carbocycles. The first-order chi connectivity index (χ1) is 16.9. The third-order valence-electron chi connectivity index (χ3n) is 6.00. The Bertz CT molecular complexity index is 1280. The average Bonchev–Trinajstić information content (AvgIpc) is 3.44. The molecule has 5 rings (SSSR count). The highest BCUT2D eigenvalue weighted by atomic mass is 35.5. The van der Waals surface area contributed by atoms with E-state index in [0.29, 0.717) is 34.4 Å². The molecule has 0 aliphatic carbocycles. The molecule has 10 heteroatoms. The Hall–Kier alpha value is -2.20. The van der Waals surface area contributed by atoms with Crippen LogP contribution < -0.4 is 4.74 Å². The number of aliphatic hydroxyl groups is 1. The molecule has 3 heterocycles. The van der Waals surface area contributed by atoms with E-state index >= 15 is 0 Å². The summed E-state index contributed by atoms with van der Waals surface area (Å²) in [5.74, 6) is 1.50. The van der Waals surface area contributed by atoms with Crippen molar-refractivity contribution in [2.45, 2.75) is 19.6 Å². The molecule has 0 amide bonds. The number of piperazine rings is 1. The Morgan fingerprint density at radius 3 is 2.60 bits per heavy atom. The van der Waals surface area contributed by atoms with E-state index in [1.807, 2.05) is 31.2 Å². The standard InChI is InChI=1S/C25H26Cl2N4O3S/c1-16-28-22-11-18(5-6-24(22)35-16)33-15-17(32)13-30-7-9-31(10-8-30)14-19-12-23(29-34-19)25-20(26)3-2-4-21(25)27/h2-6,11-12,17,32H,7-10,13-15H2,1H3/t17-/m1/s1. The van der Waals surface area contributed by atoms with Crippen LogP contribution in [0.2, 0.25) is 10.0 Å². The summed E-state index contributed by atoms with van der Waals surface area (Å²) in [4.78, 5) is 9.06. The predicted molar refractivity (Wildman–Crippen MR) is 140 cm³/mol. The smallest absolute Gasteiger partial charge is 0.151 e. The maximum atomic E-state index is 10.5. The Labute approximate surface area is 217 Å². The van der Waals surface area contributed by atoms with Crippen molar-refractivity contribution < 1.29 is 14.4 Å². The maximum Gasteiger partial charge on any atom is 0.151 e. The van der Waals surface area contributed by atoms with Gasteiger partial charge in [-0.2, -0.15) is 0 Å². The number of aromatic nitrogens is 2. The summed E-state index contributed by atoms with van der Waals surface area (Å²) in [7, 11) is 0. The van der Waals surface area contributed by atoms with Gasteiger partial charge in [-0.05, 0) is 31.2 Å². The minimum Gasteiger partial charge on any atom is -0.491 e. The lowest BCUT2D eigenvalue weighted by atomic mass is 10.1. The van der Waals surface area contributed by atoms with Crippen molar-refractivity contribution in [3.63, 3.8) is 0 Å². The van der Waals surface area contributed by atoms with Crippen LogP contribution >= 0.6 is 34.5 Å². The second kappa shape index (κ2) is 10.8. The topological polar surface area (TPSA) is 74.9 Å². The number of rotatable bonds is 8. The van der Waals surface area contributed by atoms with Crippen molar-refractivity contribution in [3.8, 4) is 17.0 Å². The molecule has 184 valence electrons. The Kier molecular flexibility index (Phi) is 7.57. The van der Waals surface area contributed by atoms with Crippen LogP contribution in [-0.4, -0.2) is 70.5 Å². The highest BCUT2D eigenvalue weighted by Gasteiger charge is 2.21. The highest BCUT2D eigenvalue weighted by molar-refractivity contribution is 7.18. The number of hydrogen-bond acceptors (Lipinski definition) is 8. The Balaban J connectivity index is 1.07. The SMILES string of the molecule is Cc1nc2cc(OC[C@H](O)CN3CCN(Cc4cc(-c5c(Cl)cccc5Cl)no4)CC3)ccc2s1. The Morgan fingerprint density at radius 2 is 1.83 bits per heavy atom. The minimum atomic E-state index is -0.563. The lowest BCUT2D eigenvalue weighted by Gasteiger charge is -2.35. The quantitative estimate of drug-likeness (QED) is 0.337. The maximum absolute atomic E-state index is 10.5. The normalized spacial score (nSPS) is 16.1. The molecular formula is C25H26Cl2N4O3S. The fraction of sp³-hybridized carbons (Fsp3) is 0.360. The number of hydrogen-bond donors (Lipinski definition) is 1. The number of aliphatic hydroxyl groups excluding tert-OH is 1. The molecule has 1 fully saturated rings. The molecule has 0 spiro atoms. The molecule has 4 aromatic rings. The van der Waals surface area contributed by atoms with E-state index in [1.54, 1.807) is 29.5 Å². The van der Waals surface area contributed by atoms with Gasteiger partial charge in [-0.15, -0.1) is 11.3 Å². The summed E-state index contributed by atoms with van der Waals surface area (Å²) in [6.45, 7) is 6.94. The molecule has 1 aliphatic heterocycles. The van der Waals surface area contributed by atoms with Gasteiger partial charge in [0.05, 0.1) is 31.8 Å². The zero-order valence-electron chi connectivity index (χ0n) is 19.3. The second-order valence-electron chi connectivity index (χ2n) is 8.68. The first-order valence-corrected chi connectivity index (χ1v) is 13.0. The largest absolute Gasteiger partial charge is 0.491 e. The third kappa shape index (κ3) is 5.97. The zero-order valence-corrected chi connectivity index (χ0v) is 21.6. The van der Waals surface area contributed by atoms with E-state index in [2.05, 4.69) is 19.9 Å². The number of benzene rings is 2. The van der Waals surface area contributed by atoms with Gasteiger partial charge in [-0.3, -0.25) is 9.80 Å². The number of aryl methyl sites for hydroxylation is 1. The summed E-state index contributed by atoms with van der Waals surface area (Å²) in [6, 6.07) is 13.2. The van der Waals surface area contributed by atoms with Crippen LogP contribution in [0.3, 0.4) is 0 Å². The molecular weight excluding hydrogens is 507 g/mol. The van der Waals surface area contributed by atoms with Gasteiger partial charge in [-0.1, -0.05) is 34.4 Å². The molecule has 2 aromatic heterocycles. The van der Waals surface area contributed by atoms with Crippen LogP contribution in [-0.2, 0) is 6.54 Å². The van der Waals surface area contributed by atoms with Crippen molar-refractivity contribution in [2.75, 3.05) is 39.3 Å². The average molecular weight is 533 g/mol. The fourth-order valence-corrected chi connectivity index (χ4v) is 5.65. The van der Waals surface area contributed by atoms with Gasteiger partial charge >= 0.3 is 0 Å². The summed E-state index contributed by atoms with van der Waals surface area (Å²) in [5, 5.41) is 16.8. The van der Waals surface area contributed by atoms with Gasteiger partial charge in [0.1, 0.15) is 24.2 Å². The number of thiazole rings is 1. The first-order valence-electron chi connectivity index (χ1n) is 11.5. The van der Waals surface area contributed by atoms with Crippen LogP contribution in [0.5, 0.6) is 5.75 Å². The lowest BCUT2D eigenvalue weighted by molar-refractivity contribution is 0.0430. The van der Waals surface area contributed by atoms with Crippen molar-refractivity contribution in [1.82, 2.24) is 19.9 Å². The van der Waals surface area contributed by atoms with Crippen molar-refractivity contribution >= 4 is 44.8 Å². The number of nitrogens with zero attached hydrogens (tertiary/aromatic N) is 4. The van der Waals surface area contributed by atoms with Crippen LogP contribution in [0.15, 0.2) is 47.0 Å². The molecule has 2 aromatic carbocycles. The lowest BCUT2D eigenvalue weighted by Crippen LogP contribution is -2.48. The molecule has 35 heavy (non-hydrogen) atoms. The van der Waals surface area contributed by atoms with Gasteiger partial charge in [-0.25, -0.2) is 4.98 Å². The van der Waals surface area contributed by atoms with Crippen molar-refractivity contribution in [1.29, 1.82) is 0 Å². The number of fused-ring (bicyclic) bond motifs is 1. The number of halogens is 2. The first kappa shape index (κ1) is 24.5. The molecule has 1 aliphatic rings. The Morgan fingerprint density at radius 1 is 1.09 bits per heavy atom. The number of ether oxygens (including phenoxy) is 1. The van der Waals surface area contributed by atoms with Gasteiger partial charge in [0.25, 0.3) is 0 Å². The van der Waals surface area contributed by atoms with Crippen LogP contribution in [0.25, 0.3) is 21.5 Å². The molecule has 1 saturated heterocycles. The summed E-state index contributed by atoms with van der Waals surface area (Å²) < 4.78 is 12.5. The van der Waals surface area contributed by atoms with E-state index in [4.69, 9.17) is 32.5 Å². The van der Waals surface area contributed by atoms with E-state index in [9.17, 15) is 5.11 Å². The van der Waals surface area contributed by atoms with Crippen LogP contribution in [0.4, 0.5) is 0 Å². The van der Waals surface area contributed by atoms with Crippen LogP contribution in [0, 0.1) is 6.92 Å². The second-order valence-corrected chi connectivity index (χ2v) is 10.7. The number of β-amino-alcohol motifs (C(OH)–C–C–N with tert-alkyl or cyclic N) is 1. The zero-order chi connectivity index (χ0) is 24.4.